The fourth-order valence-electron chi connectivity index (χ4n) is 1.10. The maximum Gasteiger partial charge on any atom is 0.410 e. The van der Waals surface area contributed by atoms with Gasteiger partial charge in [-0.3, -0.25) is 0 Å². The van der Waals surface area contributed by atoms with Crippen molar-refractivity contribution in [3.8, 4) is 0 Å². The average molecular weight is 242 g/mol. The van der Waals surface area contributed by atoms with E-state index in [4.69, 9.17) is 14.3 Å². The summed E-state index contributed by atoms with van der Waals surface area (Å²) in [6.45, 7) is 5.42. The zero-order valence-electron chi connectivity index (χ0n) is 10.6. The summed E-state index contributed by atoms with van der Waals surface area (Å²) in [5, 5.41) is 8.82. The standard InChI is InChI=1S/C11H18N2O4/c1-11(2,3)17-10(15)13(4)5-9-12-8(6-14)7-16-9/h7,14H,5-6H2,1-4H3. The van der Waals surface area contributed by atoms with Gasteiger partial charge < -0.3 is 19.2 Å². The number of hydrogen-bond donors (Lipinski definition) is 1. The molecule has 1 heterocycles. The summed E-state index contributed by atoms with van der Waals surface area (Å²) in [6.07, 6.45) is 0.916. The Morgan fingerprint density at radius 3 is 2.71 bits per heavy atom. The zero-order chi connectivity index (χ0) is 13.1. The molecule has 96 valence electrons. The first-order valence-electron chi connectivity index (χ1n) is 5.30. The minimum Gasteiger partial charge on any atom is -0.447 e. The van der Waals surface area contributed by atoms with Crippen LogP contribution in [0.5, 0.6) is 0 Å². The van der Waals surface area contributed by atoms with Gasteiger partial charge in [0.15, 0.2) is 0 Å². The van der Waals surface area contributed by atoms with Gasteiger partial charge in [-0.1, -0.05) is 0 Å². The van der Waals surface area contributed by atoms with E-state index in [2.05, 4.69) is 4.98 Å². The summed E-state index contributed by atoms with van der Waals surface area (Å²) >= 11 is 0. The van der Waals surface area contributed by atoms with E-state index in [9.17, 15) is 4.79 Å². The molecule has 1 N–H and O–H groups in total. The van der Waals surface area contributed by atoms with Gasteiger partial charge in [0.1, 0.15) is 24.1 Å². The second kappa shape index (κ2) is 5.18. The number of carbonyl (C=O) groups is 1. The molecule has 0 saturated carbocycles. The highest BCUT2D eigenvalue weighted by Crippen LogP contribution is 2.11. The molecule has 6 heteroatoms. The Balaban J connectivity index is 2.54. The van der Waals surface area contributed by atoms with E-state index < -0.39 is 11.7 Å². The highest BCUT2D eigenvalue weighted by Gasteiger charge is 2.20. The number of oxazole rings is 1. The Morgan fingerprint density at radius 1 is 1.59 bits per heavy atom. The quantitative estimate of drug-likeness (QED) is 0.870. The molecule has 0 aliphatic carbocycles. The number of nitrogens with zero attached hydrogens (tertiary/aromatic N) is 2. The molecule has 0 fully saturated rings. The number of amides is 1. The van der Waals surface area contributed by atoms with Crippen LogP contribution in [0.15, 0.2) is 10.7 Å². The molecule has 1 aromatic heterocycles. The van der Waals surface area contributed by atoms with Crippen LogP contribution in [0.25, 0.3) is 0 Å². The summed E-state index contributed by atoms with van der Waals surface area (Å²) in [6, 6.07) is 0. The van der Waals surface area contributed by atoms with Crippen LogP contribution < -0.4 is 0 Å². The molecule has 1 rings (SSSR count). The summed E-state index contributed by atoms with van der Waals surface area (Å²) < 4.78 is 10.3. The molecular weight excluding hydrogens is 224 g/mol. The molecular formula is C11H18N2O4. The third kappa shape index (κ3) is 4.44. The molecule has 0 unspecified atom stereocenters. The second-order valence-electron chi connectivity index (χ2n) is 4.73. The van der Waals surface area contributed by atoms with E-state index in [-0.39, 0.29) is 13.2 Å². The molecule has 0 aromatic carbocycles. The van der Waals surface area contributed by atoms with Gasteiger partial charge in [0.25, 0.3) is 0 Å². The molecule has 0 aliphatic heterocycles. The maximum atomic E-state index is 11.6. The van der Waals surface area contributed by atoms with E-state index in [1.807, 2.05) is 0 Å². The van der Waals surface area contributed by atoms with Gasteiger partial charge in [0.2, 0.25) is 5.89 Å². The highest BCUT2D eigenvalue weighted by molar-refractivity contribution is 5.67. The van der Waals surface area contributed by atoms with Crippen molar-refractivity contribution in [2.75, 3.05) is 7.05 Å². The summed E-state index contributed by atoms with van der Waals surface area (Å²) in [5.74, 6) is 0.363. The third-order valence-corrected chi connectivity index (χ3v) is 1.84. The van der Waals surface area contributed by atoms with Crippen LogP contribution in [-0.2, 0) is 17.9 Å². The highest BCUT2D eigenvalue weighted by atomic mass is 16.6. The molecule has 0 spiro atoms. The number of rotatable bonds is 3. The van der Waals surface area contributed by atoms with Gasteiger partial charge in [-0.05, 0) is 20.8 Å². The van der Waals surface area contributed by atoms with Crippen molar-refractivity contribution in [3.63, 3.8) is 0 Å². The summed E-state index contributed by atoms with van der Waals surface area (Å²) in [5.41, 5.74) is -0.0874. The third-order valence-electron chi connectivity index (χ3n) is 1.84. The van der Waals surface area contributed by atoms with Crippen LogP contribution in [0.1, 0.15) is 32.4 Å². The smallest absolute Gasteiger partial charge is 0.410 e. The first kappa shape index (κ1) is 13.5. The average Bonchev–Trinajstić information content (AvgIpc) is 2.62. The molecule has 6 nitrogen and oxygen atoms in total. The van der Waals surface area contributed by atoms with E-state index in [1.54, 1.807) is 27.8 Å². The van der Waals surface area contributed by atoms with Crippen LogP contribution in [0, 0.1) is 0 Å². The topological polar surface area (TPSA) is 75.8 Å². The van der Waals surface area contributed by atoms with Gasteiger partial charge in [-0.25, -0.2) is 9.78 Å². The van der Waals surface area contributed by atoms with E-state index in [0.717, 1.165) is 0 Å². The largest absolute Gasteiger partial charge is 0.447 e. The number of aromatic nitrogens is 1. The van der Waals surface area contributed by atoms with Gasteiger partial charge >= 0.3 is 6.09 Å². The van der Waals surface area contributed by atoms with E-state index >= 15 is 0 Å². The lowest BCUT2D eigenvalue weighted by atomic mass is 10.2. The Morgan fingerprint density at radius 2 is 2.24 bits per heavy atom. The summed E-state index contributed by atoms with van der Waals surface area (Å²) in [7, 11) is 1.59. The van der Waals surface area contributed by atoms with Gasteiger partial charge in [0.05, 0.1) is 6.61 Å². The number of carbonyl (C=O) groups excluding carboxylic acids is 1. The lowest BCUT2D eigenvalue weighted by molar-refractivity contribution is 0.0271. The minimum atomic E-state index is -0.530. The molecule has 0 bridgehead atoms. The zero-order valence-corrected chi connectivity index (χ0v) is 10.6. The minimum absolute atomic E-state index is 0.181. The molecule has 17 heavy (non-hydrogen) atoms. The van der Waals surface area contributed by atoms with E-state index in [0.29, 0.717) is 11.6 Å². The van der Waals surface area contributed by atoms with Gasteiger partial charge in [-0.2, -0.15) is 0 Å². The van der Waals surface area contributed by atoms with Crippen molar-refractivity contribution in [2.24, 2.45) is 0 Å². The van der Waals surface area contributed by atoms with Crippen molar-refractivity contribution in [1.82, 2.24) is 9.88 Å². The Bertz CT molecular complexity index is 381. The lowest BCUT2D eigenvalue weighted by Gasteiger charge is -2.23. The predicted octanol–water partition coefficient (Wildman–Crippen LogP) is 1.53. The van der Waals surface area contributed by atoms with Crippen LogP contribution in [0.3, 0.4) is 0 Å². The first-order valence-corrected chi connectivity index (χ1v) is 5.30. The molecule has 0 saturated heterocycles. The van der Waals surface area contributed by atoms with E-state index in [1.165, 1.54) is 11.2 Å². The van der Waals surface area contributed by atoms with Crippen molar-refractivity contribution >= 4 is 6.09 Å². The monoisotopic (exact) mass is 242 g/mol. The normalized spacial score (nSPS) is 11.4. The molecule has 1 amide bonds. The fourth-order valence-corrected chi connectivity index (χ4v) is 1.10. The Labute approximate surface area is 100 Å². The SMILES string of the molecule is CN(Cc1nc(CO)co1)C(=O)OC(C)(C)C. The number of hydrogen-bond acceptors (Lipinski definition) is 5. The summed E-state index contributed by atoms with van der Waals surface area (Å²) in [4.78, 5) is 17.0. The van der Waals surface area contributed by atoms with Crippen molar-refractivity contribution in [2.45, 2.75) is 39.5 Å². The molecule has 1 aromatic rings. The van der Waals surface area contributed by atoms with Crippen LogP contribution in [-0.4, -0.2) is 33.7 Å². The fraction of sp³-hybridized carbons (Fsp3) is 0.636. The van der Waals surface area contributed by atoms with Crippen LogP contribution in [0.4, 0.5) is 4.79 Å². The molecule has 0 radical (unpaired) electrons. The second-order valence-corrected chi connectivity index (χ2v) is 4.73. The lowest BCUT2D eigenvalue weighted by Crippen LogP contribution is -2.33. The van der Waals surface area contributed by atoms with Crippen molar-refractivity contribution in [3.05, 3.63) is 17.8 Å². The maximum absolute atomic E-state index is 11.6. The van der Waals surface area contributed by atoms with Crippen molar-refractivity contribution < 1.29 is 19.1 Å². The first-order chi connectivity index (χ1) is 7.81. The van der Waals surface area contributed by atoms with Crippen LogP contribution in [0.2, 0.25) is 0 Å². The number of aliphatic hydroxyl groups is 1. The number of ether oxygens (including phenoxy) is 1. The molecule has 0 atom stereocenters. The Hall–Kier alpha value is -1.56. The Kier molecular flexibility index (Phi) is 4.11. The van der Waals surface area contributed by atoms with Crippen molar-refractivity contribution in [1.29, 1.82) is 0 Å². The van der Waals surface area contributed by atoms with Gasteiger partial charge in [0, 0.05) is 7.05 Å². The number of aliphatic hydroxyl groups excluding tert-OH is 1. The molecule has 0 aliphatic rings. The van der Waals surface area contributed by atoms with Gasteiger partial charge in [-0.15, -0.1) is 0 Å². The van der Waals surface area contributed by atoms with Crippen LogP contribution >= 0.6 is 0 Å². The predicted molar refractivity (Wildman–Crippen MR) is 60.1 cm³/mol.